The lowest BCUT2D eigenvalue weighted by Gasteiger charge is -2.16. The van der Waals surface area contributed by atoms with Crippen molar-refractivity contribution in [3.63, 3.8) is 0 Å². The van der Waals surface area contributed by atoms with E-state index in [-0.39, 0.29) is 16.7 Å². The largest absolute Gasteiger partial charge is 0.378 e. The van der Waals surface area contributed by atoms with Crippen LogP contribution in [0.1, 0.15) is 18.5 Å². The Bertz CT molecular complexity index is 602. The first kappa shape index (κ1) is 13.8. The van der Waals surface area contributed by atoms with Gasteiger partial charge in [-0.3, -0.25) is 10.1 Å². The number of hydrogen-bond donors (Lipinski definition) is 1. The van der Waals surface area contributed by atoms with Crippen LogP contribution in [0.3, 0.4) is 0 Å². The summed E-state index contributed by atoms with van der Waals surface area (Å²) in [4.78, 5) is 10.4. The summed E-state index contributed by atoms with van der Waals surface area (Å²) >= 11 is 2.26. The normalized spacial score (nSPS) is 11.9. The van der Waals surface area contributed by atoms with Crippen LogP contribution in [0.4, 0.5) is 11.4 Å². The fraction of sp³-hybridized carbons (Fsp3) is 0.143. The summed E-state index contributed by atoms with van der Waals surface area (Å²) < 4.78 is 1.12. The second kappa shape index (κ2) is 6.01. The van der Waals surface area contributed by atoms with E-state index in [9.17, 15) is 10.1 Å². The van der Waals surface area contributed by atoms with Crippen LogP contribution < -0.4 is 5.32 Å². The van der Waals surface area contributed by atoms with Crippen molar-refractivity contribution in [2.75, 3.05) is 5.32 Å². The molecule has 1 unspecified atom stereocenters. The number of para-hydroxylation sites is 1. The molecule has 2 aromatic rings. The fourth-order valence-electron chi connectivity index (χ4n) is 1.80. The molecular formula is C14H13IN2O2. The highest BCUT2D eigenvalue weighted by atomic mass is 127. The predicted molar refractivity (Wildman–Crippen MR) is 84.3 cm³/mol. The molecular weight excluding hydrogens is 355 g/mol. The zero-order chi connectivity index (χ0) is 13.8. The van der Waals surface area contributed by atoms with Crippen LogP contribution in [0.15, 0.2) is 48.5 Å². The molecule has 0 aromatic heterocycles. The van der Waals surface area contributed by atoms with Gasteiger partial charge in [0.2, 0.25) is 0 Å². The van der Waals surface area contributed by atoms with Crippen molar-refractivity contribution in [2.45, 2.75) is 13.0 Å². The number of nitro groups is 1. The monoisotopic (exact) mass is 368 g/mol. The number of benzene rings is 2. The fourth-order valence-corrected chi connectivity index (χ4v) is 2.35. The molecule has 0 aliphatic rings. The Kier molecular flexibility index (Phi) is 4.36. The third-order valence-corrected chi connectivity index (χ3v) is 3.77. The molecule has 98 valence electrons. The molecule has 1 atom stereocenters. The number of hydrogen-bond acceptors (Lipinski definition) is 3. The van der Waals surface area contributed by atoms with Gasteiger partial charge in [-0.25, -0.2) is 0 Å². The standard InChI is InChI=1S/C14H13IN2O2/c1-10(16-14-8-3-2-7-13(14)15)11-5-4-6-12(9-11)17(18)19/h2-10,16H,1H3. The van der Waals surface area contributed by atoms with Gasteiger partial charge in [0.15, 0.2) is 0 Å². The van der Waals surface area contributed by atoms with Crippen LogP contribution in [0, 0.1) is 13.7 Å². The van der Waals surface area contributed by atoms with Crippen LogP contribution in [-0.4, -0.2) is 4.92 Å². The third-order valence-electron chi connectivity index (χ3n) is 2.83. The molecule has 0 saturated heterocycles. The molecule has 0 aliphatic carbocycles. The average Bonchev–Trinajstić information content (AvgIpc) is 2.41. The number of anilines is 1. The minimum absolute atomic E-state index is 0.0100. The lowest BCUT2D eigenvalue weighted by molar-refractivity contribution is -0.384. The zero-order valence-corrected chi connectivity index (χ0v) is 12.5. The predicted octanol–water partition coefficient (Wildman–Crippen LogP) is 4.37. The van der Waals surface area contributed by atoms with Gasteiger partial charge in [0, 0.05) is 27.4 Å². The van der Waals surface area contributed by atoms with Crippen molar-refractivity contribution in [2.24, 2.45) is 0 Å². The minimum atomic E-state index is -0.373. The van der Waals surface area contributed by atoms with Gasteiger partial charge in [0.05, 0.1) is 4.92 Å². The van der Waals surface area contributed by atoms with Crippen molar-refractivity contribution >= 4 is 34.0 Å². The lowest BCUT2D eigenvalue weighted by Crippen LogP contribution is -2.07. The molecule has 0 fully saturated rings. The van der Waals surface area contributed by atoms with E-state index in [1.54, 1.807) is 12.1 Å². The van der Waals surface area contributed by atoms with Crippen LogP contribution in [0.5, 0.6) is 0 Å². The Balaban J connectivity index is 2.20. The van der Waals surface area contributed by atoms with Crippen LogP contribution in [-0.2, 0) is 0 Å². The maximum absolute atomic E-state index is 10.8. The van der Waals surface area contributed by atoms with E-state index in [0.29, 0.717) is 0 Å². The Morgan fingerprint density at radius 3 is 2.63 bits per heavy atom. The Morgan fingerprint density at radius 2 is 1.95 bits per heavy atom. The highest BCUT2D eigenvalue weighted by Crippen LogP contribution is 2.25. The summed E-state index contributed by atoms with van der Waals surface area (Å²) in [5.74, 6) is 0. The summed E-state index contributed by atoms with van der Waals surface area (Å²) in [6.07, 6.45) is 0. The summed E-state index contributed by atoms with van der Waals surface area (Å²) in [6.45, 7) is 1.99. The van der Waals surface area contributed by atoms with Gasteiger partial charge in [-0.15, -0.1) is 0 Å². The van der Waals surface area contributed by atoms with Crippen molar-refractivity contribution in [3.8, 4) is 0 Å². The molecule has 0 spiro atoms. The van der Waals surface area contributed by atoms with E-state index in [4.69, 9.17) is 0 Å². The van der Waals surface area contributed by atoms with Crippen molar-refractivity contribution < 1.29 is 4.92 Å². The number of nitrogens with one attached hydrogen (secondary N) is 1. The van der Waals surface area contributed by atoms with Gasteiger partial charge < -0.3 is 5.32 Å². The number of non-ortho nitro benzene ring substituents is 1. The van der Waals surface area contributed by atoms with E-state index in [0.717, 1.165) is 14.8 Å². The van der Waals surface area contributed by atoms with E-state index >= 15 is 0 Å². The van der Waals surface area contributed by atoms with Gasteiger partial charge in [-0.05, 0) is 47.2 Å². The quantitative estimate of drug-likeness (QED) is 0.495. The summed E-state index contributed by atoms with van der Waals surface area (Å²) in [5.41, 5.74) is 2.05. The highest BCUT2D eigenvalue weighted by molar-refractivity contribution is 14.1. The van der Waals surface area contributed by atoms with Crippen LogP contribution in [0.25, 0.3) is 0 Å². The maximum atomic E-state index is 10.8. The zero-order valence-electron chi connectivity index (χ0n) is 10.3. The molecule has 4 nitrogen and oxygen atoms in total. The Labute approximate surface area is 125 Å². The average molecular weight is 368 g/mol. The molecule has 0 radical (unpaired) electrons. The second-order valence-electron chi connectivity index (χ2n) is 4.20. The van der Waals surface area contributed by atoms with E-state index < -0.39 is 0 Å². The first-order chi connectivity index (χ1) is 9.08. The first-order valence-corrected chi connectivity index (χ1v) is 6.91. The van der Waals surface area contributed by atoms with Crippen LogP contribution >= 0.6 is 22.6 Å². The number of nitro benzene ring substituents is 1. The number of halogens is 1. The summed E-state index contributed by atoms with van der Waals surface area (Å²) in [5, 5.41) is 14.1. The molecule has 1 N–H and O–H groups in total. The molecule has 0 saturated carbocycles. The van der Waals surface area contributed by atoms with E-state index in [2.05, 4.69) is 27.9 Å². The first-order valence-electron chi connectivity index (χ1n) is 5.83. The van der Waals surface area contributed by atoms with E-state index in [1.165, 1.54) is 6.07 Å². The van der Waals surface area contributed by atoms with Gasteiger partial charge in [0.1, 0.15) is 0 Å². The molecule has 2 aromatic carbocycles. The highest BCUT2D eigenvalue weighted by Gasteiger charge is 2.11. The molecule has 0 aliphatic heterocycles. The number of nitrogens with zero attached hydrogens (tertiary/aromatic N) is 1. The Hall–Kier alpha value is -1.63. The minimum Gasteiger partial charge on any atom is -0.378 e. The molecule has 19 heavy (non-hydrogen) atoms. The lowest BCUT2D eigenvalue weighted by atomic mass is 10.1. The van der Waals surface area contributed by atoms with E-state index in [1.807, 2.05) is 37.3 Å². The van der Waals surface area contributed by atoms with Crippen molar-refractivity contribution in [1.29, 1.82) is 0 Å². The van der Waals surface area contributed by atoms with Gasteiger partial charge in [0.25, 0.3) is 5.69 Å². The summed E-state index contributed by atoms with van der Waals surface area (Å²) in [7, 11) is 0. The molecule has 0 bridgehead atoms. The molecule has 0 amide bonds. The number of rotatable bonds is 4. The van der Waals surface area contributed by atoms with Gasteiger partial charge in [-0.2, -0.15) is 0 Å². The topological polar surface area (TPSA) is 55.2 Å². The Morgan fingerprint density at radius 1 is 1.21 bits per heavy atom. The second-order valence-corrected chi connectivity index (χ2v) is 5.36. The third kappa shape index (κ3) is 3.44. The smallest absolute Gasteiger partial charge is 0.269 e. The van der Waals surface area contributed by atoms with Gasteiger partial charge in [-0.1, -0.05) is 24.3 Å². The molecule has 5 heteroatoms. The van der Waals surface area contributed by atoms with Crippen molar-refractivity contribution in [1.82, 2.24) is 0 Å². The van der Waals surface area contributed by atoms with Crippen molar-refractivity contribution in [3.05, 3.63) is 67.8 Å². The SMILES string of the molecule is CC(Nc1ccccc1I)c1cccc([N+](=O)[O-])c1. The summed E-state index contributed by atoms with van der Waals surface area (Å²) in [6, 6.07) is 14.7. The van der Waals surface area contributed by atoms with Gasteiger partial charge >= 0.3 is 0 Å². The molecule has 0 heterocycles. The molecule has 2 rings (SSSR count). The maximum Gasteiger partial charge on any atom is 0.269 e. The van der Waals surface area contributed by atoms with Crippen LogP contribution in [0.2, 0.25) is 0 Å².